The van der Waals surface area contributed by atoms with Gasteiger partial charge in [0.05, 0.1) is 24.6 Å². The number of nitro groups is 1. The molecule has 19 heavy (non-hydrogen) atoms. The van der Waals surface area contributed by atoms with Gasteiger partial charge < -0.3 is 14.6 Å². The highest BCUT2D eigenvalue weighted by Crippen LogP contribution is 2.31. The van der Waals surface area contributed by atoms with Crippen LogP contribution in [0.5, 0.6) is 0 Å². The number of nitrogens with zero attached hydrogens (tertiary/aromatic N) is 1. The number of carboxylic acids is 1. The molecule has 1 N–H and O–H groups in total. The summed E-state index contributed by atoms with van der Waals surface area (Å²) in [5.41, 5.74) is 0.335. The van der Waals surface area contributed by atoms with Gasteiger partial charge in [-0.3, -0.25) is 14.9 Å². The SMILES string of the molecule is O=C(O)CC1(Cc2ccccc2[N+](=O)[O-])OCCO1. The number of hydrogen-bond donors (Lipinski definition) is 1. The Balaban J connectivity index is 2.27. The lowest BCUT2D eigenvalue weighted by Crippen LogP contribution is -2.35. The van der Waals surface area contributed by atoms with E-state index in [1.165, 1.54) is 6.07 Å². The molecule has 1 saturated heterocycles. The molecule has 1 aromatic rings. The van der Waals surface area contributed by atoms with Crippen molar-refractivity contribution in [1.29, 1.82) is 0 Å². The van der Waals surface area contributed by atoms with E-state index in [1.807, 2.05) is 0 Å². The van der Waals surface area contributed by atoms with Crippen molar-refractivity contribution >= 4 is 11.7 Å². The first-order valence-corrected chi connectivity index (χ1v) is 5.74. The molecule has 7 nitrogen and oxygen atoms in total. The third-order valence-corrected chi connectivity index (χ3v) is 2.88. The van der Waals surface area contributed by atoms with Gasteiger partial charge in [-0.2, -0.15) is 0 Å². The van der Waals surface area contributed by atoms with Crippen molar-refractivity contribution in [2.45, 2.75) is 18.6 Å². The number of carboxylic acid groups (broad SMARTS) is 1. The molecule has 0 aliphatic carbocycles. The first-order valence-electron chi connectivity index (χ1n) is 5.74. The minimum atomic E-state index is -1.31. The summed E-state index contributed by atoms with van der Waals surface area (Å²) in [5, 5.41) is 19.8. The van der Waals surface area contributed by atoms with Crippen LogP contribution in [0.1, 0.15) is 12.0 Å². The van der Waals surface area contributed by atoms with Crippen LogP contribution in [0.15, 0.2) is 24.3 Å². The van der Waals surface area contributed by atoms with Crippen molar-refractivity contribution < 1.29 is 24.3 Å². The lowest BCUT2D eigenvalue weighted by atomic mass is 10.0. The maximum absolute atomic E-state index is 10.9. The number of aliphatic carboxylic acids is 1. The molecule has 0 spiro atoms. The predicted octanol–water partition coefficient (Wildman–Crippen LogP) is 1.36. The van der Waals surface area contributed by atoms with E-state index in [2.05, 4.69) is 0 Å². The van der Waals surface area contributed by atoms with Crippen LogP contribution in [-0.4, -0.2) is 35.0 Å². The first-order chi connectivity index (χ1) is 9.02. The number of ether oxygens (including phenoxy) is 2. The summed E-state index contributed by atoms with van der Waals surface area (Å²) in [5.74, 6) is -2.38. The third-order valence-electron chi connectivity index (χ3n) is 2.88. The van der Waals surface area contributed by atoms with E-state index >= 15 is 0 Å². The zero-order valence-electron chi connectivity index (χ0n) is 10.1. The van der Waals surface area contributed by atoms with Gasteiger partial charge >= 0.3 is 5.97 Å². The van der Waals surface area contributed by atoms with Gasteiger partial charge in [-0.25, -0.2) is 0 Å². The summed E-state index contributed by atoms with van der Waals surface area (Å²) in [6.07, 6.45) is -0.310. The van der Waals surface area contributed by atoms with E-state index in [-0.39, 0.29) is 31.7 Å². The molecule has 1 fully saturated rings. The van der Waals surface area contributed by atoms with E-state index < -0.39 is 16.7 Å². The van der Waals surface area contributed by atoms with Gasteiger partial charge in [-0.05, 0) is 0 Å². The van der Waals surface area contributed by atoms with Gasteiger partial charge in [0.25, 0.3) is 5.69 Å². The van der Waals surface area contributed by atoms with E-state index in [0.29, 0.717) is 5.56 Å². The number of para-hydroxylation sites is 1. The van der Waals surface area contributed by atoms with Crippen LogP contribution in [0.4, 0.5) is 5.69 Å². The number of benzene rings is 1. The van der Waals surface area contributed by atoms with Crippen LogP contribution in [0.2, 0.25) is 0 Å². The van der Waals surface area contributed by atoms with Crippen LogP contribution in [0.3, 0.4) is 0 Å². The molecule has 1 heterocycles. The highest BCUT2D eigenvalue weighted by Gasteiger charge is 2.40. The Bertz CT molecular complexity index is 495. The molecule has 7 heteroatoms. The van der Waals surface area contributed by atoms with Crippen LogP contribution >= 0.6 is 0 Å². The van der Waals surface area contributed by atoms with E-state index in [0.717, 1.165) is 0 Å². The van der Waals surface area contributed by atoms with Crippen LogP contribution in [0, 0.1) is 10.1 Å². The topological polar surface area (TPSA) is 98.9 Å². The predicted molar refractivity (Wildman–Crippen MR) is 63.7 cm³/mol. The average Bonchev–Trinajstić information content (AvgIpc) is 2.76. The van der Waals surface area contributed by atoms with E-state index in [9.17, 15) is 14.9 Å². The Kier molecular flexibility index (Phi) is 3.77. The molecule has 1 aliphatic rings. The molecule has 0 bridgehead atoms. The lowest BCUT2D eigenvalue weighted by molar-refractivity contribution is -0.386. The summed E-state index contributed by atoms with van der Waals surface area (Å²) in [6, 6.07) is 6.17. The van der Waals surface area contributed by atoms with Gasteiger partial charge in [0.2, 0.25) is 0 Å². The Morgan fingerprint density at radius 2 is 2.00 bits per heavy atom. The zero-order chi connectivity index (χ0) is 13.9. The minimum absolute atomic E-state index is 0.0381. The summed E-state index contributed by atoms with van der Waals surface area (Å²) in [7, 11) is 0. The largest absolute Gasteiger partial charge is 0.481 e. The Labute approximate surface area is 108 Å². The molecule has 102 valence electrons. The quantitative estimate of drug-likeness (QED) is 0.638. The third kappa shape index (κ3) is 3.07. The molecule has 0 aromatic heterocycles. The molecule has 1 aliphatic heterocycles. The smallest absolute Gasteiger partial charge is 0.308 e. The molecule has 0 atom stereocenters. The normalized spacial score (nSPS) is 17.3. The van der Waals surface area contributed by atoms with Crippen molar-refractivity contribution in [3.05, 3.63) is 39.9 Å². The monoisotopic (exact) mass is 267 g/mol. The maximum Gasteiger partial charge on any atom is 0.308 e. The van der Waals surface area contributed by atoms with Gasteiger partial charge in [0, 0.05) is 18.1 Å². The number of hydrogen-bond acceptors (Lipinski definition) is 5. The summed E-state index contributed by atoms with van der Waals surface area (Å²) >= 11 is 0. The summed E-state index contributed by atoms with van der Waals surface area (Å²) in [4.78, 5) is 21.3. The van der Waals surface area contributed by atoms with Crippen LogP contribution in [-0.2, 0) is 20.7 Å². The van der Waals surface area contributed by atoms with Crippen LogP contribution < -0.4 is 0 Å². The fraction of sp³-hybridized carbons (Fsp3) is 0.417. The molecule has 1 aromatic carbocycles. The second-order valence-corrected chi connectivity index (χ2v) is 4.24. The van der Waals surface area contributed by atoms with Crippen molar-refractivity contribution in [2.75, 3.05) is 13.2 Å². The molecule has 0 saturated carbocycles. The number of carbonyl (C=O) groups is 1. The van der Waals surface area contributed by atoms with Gasteiger partial charge in [-0.1, -0.05) is 18.2 Å². The van der Waals surface area contributed by atoms with E-state index in [1.54, 1.807) is 18.2 Å². The molecule has 2 rings (SSSR count). The van der Waals surface area contributed by atoms with Gasteiger partial charge in [-0.15, -0.1) is 0 Å². The van der Waals surface area contributed by atoms with E-state index in [4.69, 9.17) is 14.6 Å². The Morgan fingerprint density at radius 1 is 1.37 bits per heavy atom. The molecule has 0 amide bonds. The fourth-order valence-corrected chi connectivity index (χ4v) is 2.12. The Hall–Kier alpha value is -1.99. The maximum atomic E-state index is 10.9. The van der Waals surface area contributed by atoms with Crippen molar-refractivity contribution in [2.24, 2.45) is 0 Å². The first kappa shape index (κ1) is 13.4. The van der Waals surface area contributed by atoms with Gasteiger partial charge in [0.1, 0.15) is 0 Å². The van der Waals surface area contributed by atoms with Crippen molar-refractivity contribution in [3.63, 3.8) is 0 Å². The molecular weight excluding hydrogens is 254 g/mol. The standard InChI is InChI=1S/C12H13NO6/c14-11(15)8-12(18-5-6-19-12)7-9-3-1-2-4-10(9)13(16)17/h1-4H,5-8H2,(H,14,15). The molecular formula is C12H13NO6. The van der Waals surface area contributed by atoms with Crippen LogP contribution in [0.25, 0.3) is 0 Å². The fourth-order valence-electron chi connectivity index (χ4n) is 2.12. The second-order valence-electron chi connectivity index (χ2n) is 4.24. The van der Waals surface area contributed by atoms with Gasteiger partial charge in [0.15, 0.2) is 5.79 Å². The zero-order valence-corrected chi connectivity index (χ0v) is 10.1. The molecule has 0 unspecified atom stereocenters. The Morgan fingerprint density at radius 3 is 2.58 bits per heavy atom. The van der Waals surface area contributed by atoms with Crippen molar-refractivity contribution in [1.82, 2.24) is 0 Å². The lowest BCUT2D eigenvalue weighted by Gasteiger charge is -2.25. The minimum Gasteiger partial charge on any atom is -0.481 e. The molecule has 0 radical (unpaired) electrons. The highest BCUT2D eigenvalue weighted by atomic mass is 16.7. The number of nitro benzene ring substituents is 1. The average molecular weight is 267 g/mol. The van der Waals surface area contributed by atoms with Crippen molar-refractivity contribution in [3.8, 4) is 0 Å². The number of rotatable bonds is 5. The highest BCUT2D eigenvalue weighted by molar-refractivity contribution is 5.68. The summed E-state index contributed by atoms with van der Waals surface area (Å²) < 4.78 is 10.7. The second kappa shape index (κ2) is 5.33. The summed E-state index contributed by atoms with van der Waals surface area (Å²) in [6.45, 7) is 0.571.